The van der Waals surface area contributed by atoms with Crippen molar-refractivity contribution in [3.63, 3.8) is 0 Å². The molecule has 0 saturated heterocycles. The molecule has 0 fully saturated rings. The standard InChI is InChI=1S/C10H12ClF2NO2S/c1-14(7-10(12)13)17(15,16)9-4-2-8(6-11)3-5-9/h2-5,10H,6-7H2,1H3. The molecule has 0 aliphatic rings. The maximum Gasteiger partial charge on any atom is 0.252 e. The number of nitrogens with zero attached hydrogens (tertiary/aromatic N) is 1. The Morgan fingerprint density at radius 2 is 1.82 bits per heavy atom. The zero-order chi connectivity index (χ0) is 13.1. The van der Waals surface area contributed by atoms with Gasteiger partial charge in [-0.05, 0) is 17.7 Å². The lowest BCUT2D eigenvalue weighted by molar-refractivity contribution is 0.126. The largest absolute Gasteiger partial charge is 0.252 e. The summed E-state index contributed by atoms with van der Waals surface area (Å²) in [6.45, 7) is -0.820. The number of hydrogen-bond acceptors (Lipinski definition) is 2. The van der Waals surface area contributed by atoms with E-state index in [4.69, 9.17) is 11.6 Å². The molecule has 0 amide bonds. The van der Waals surface area contributed by atoms with Gasteiger partial charge in [-0.15, -0.1) is 11.6 Å². The van der Waals surface area contributed by atoms with Crippen LogP contribution < -0.4 is 0 Å². The average Bonchev–Trinajstić information content (AvgIpc) is 2.28. The molecule has 0 saturated carbocycles. The Morgan fingerprint density at radius 3 is 2.24 bits per heavy atom. The minimum atomic E-state index is -3.85. The molecule has 3 nitrogen and oxygen atoms in total. The monoisotopic (exact) mass is 283 g/mol. The third-order valence-corrected chi connectivity index (χ3v) is 4.33. The molecule has 1 aromatic carbocycles. The van der Waals surface area contributed by atoms with E-state index in [0.717, 1.165) is 12.6 Å². The lowest BCUT2D eigenvalue weighted by Gasteiger charge is -2.16. The quantitative estimate of drug-likeness (QED) is 0.778. The molecule has 1 aromatic rings. The van der Waals surface area contributed by atoms with Gasteiger partial charge in [-0.25, -0.2) is 17.2 Å². The van der Waals surface area contributed by atoms with Gasteiger partial charge in [-0.3, -0.25) is 0 Å². The molecule has 7 heteroatoms. The SMILES string of the molecule is CN(CC(F)F)S(=O)(=O)c1ccc(CCl)cc1. The summed E-state index contributed by atoms with van der Waals surface area (Å²) in [7, 11) is -2.73. The van der Waals surface area contributed by atoms with Crippen molar-refractivity contribution in [3.8, 4) is 0 Å². The summed E-state index contributed by atoms with van der Waals surface area (Å²) in [5, 5.41) is 0. The molecule has 0 aliphatic heterocycles. The average molecular weight is 284 g/mol. The van der Waals surface area contributed by atoms with Crippen molar-refractivity contribution in [3.05, 3.63) is 29.8 Å². The fourth-order valence-corrected chi connectivity index (χ4v) is 2.55. The zero-order valence-electron chi connectivity index (χ0n) is 9.11. The highest BCUT2D eigenvalue weighted by Gasteiger charge is 2.23. The number of benzene rings is 1. The van der Waals surface area contributed by atoms with Gasteiger partial charge in [-0.1, -0.05) is 12.1 Å². The van der Waals surface area contributed by atoms with Gasteiger partial charge in [0.1, 0.15) is 0 Å². The Morgan fingerprint density at radius 1 is 1.29 bits per heavy atom. The minimum absolute atomic E-state index is 0.0190. The topological polar surface area (TPSA) is 37.4 Å². The number of halogens is 3. The fraction of sp³-hybridized carbons (Fsp3) is 0.400. The van der Waals surface area contributed by atoms with Crippen LogP contribution in [-0.2, 0) is 15.9 Å². The van der Waals surface area contributed by atoms with Crippen molar-refractivity contribution in [2.24, 2.45) is 0 Å². The molecule has 0 bridgehead atoms. The number of sulfonamides is 1. The molecule has 96 valence electrons. The second-order valence-corrected chi connectivity index (χ2v) is 5.77. The Kier molecular flexibility index (Phi) is 4.85. The summed E-state index contributed by atoms with van der Waals surface area (Å²) in [5.41, 5.74) is 0.766. The molecule has 0 heterocycles. The van der Waals surface area contributed by atoms with E-state index in [-0.39, 0.29) is 10.8 Å². The first-order valence-electron chi connectivity index (χ1n) is 4.77. The lowest BCUT2D eigenvalue weighted by atomic mass is 10.2. The van der Waals surface area contributed by atoms with E-state index >= 15 is 0 Å². The number of rotatable bonds is 5. The molecular formula is C10H12ClF2NO2S. The van der Waals surface area contributed by atoms with Crippen LogP contribution in [0, 0.1) is 0 Å². The van der Waals surface area contributed by atoms with Crippen LogP contribution in [-0.4, -0.2) is 32.7 Å². The van der Waals surface area contributed by atoms with Crippen molar-refractivity contribution in [1.29, 1.82) is 0 Å². The molecule has 0 atom stereocenters. The summed E-state index contributed by atoms with van der Waals surface area (Å²) in [4.78, 5) is -0.0190. The van der Waals surface area contributed by atoms with Crippen LogP contribution in [0.25, 0.3) is 0 Å². The van der Waals surface area contributed by atoms with Crippen LogP contribution in [0.5, 0.6) is 0 Å². The Balaban J connectivity index is 2.96. The molecule has 1 rings (SSSR count). The molecule has 17 heavy (non-hydrogen) atoms. The van der Waals surface area contributed by atoms with Gasteiger partial charge in [0, 0.05) is 12.9 Å². The normalized spacial score (nSPS) is 12.4. The van der Waals surface area contributed by atoms with Crippen molar-refractivity contribution < 1.29 is 17.2 Å². The first-order chi connectivity index (χ1) is 7.87. The summed E-state index contributed by atoms with van der Waals surface area (Å²) < 4.78 is 48.5. The summed E-state index contributed by atoms with van der Waals surface area (Å²) in [5.74, 6) is 0.271. The summed E-state index contributed by atoms with van der Waals surface area (Å²) in [6.07, 6.45) is -2.70. The number of hydrogen-bond donors (Lipinski definition) is 0. The molecule has 0 radical (unpaired) electrons. The van der Waals surface area contributed by atoms with E-state index in [1.807, 2.05) is 0 Å². The molecular weight excluding hydrogens is 272 g/mol. The van der Waals surface area contributed by atoms with Crippen LogP contribution in [0.2, 0.25) is 0 Å². The predicted octanol–water partition coefficient (Wildman–Crippen LogP) is 2.31. The zero-order valence-corrected chi connectivity index (χ0v) is 10.7. The Bertz CT molecular complexity index is 462. The van der Waals surface area contributed by atoms with Crippen LogP contribution in [0.4, 0.5) is 8.78 Å². The fourth-order valence-electron chi connectivity index (χ4n) is 1.22. The highest BCUT2D eigenvalue weighted by Crippen LogP contribution is 2.16. The molecule has 0 aliphatic carbocycles. The highest BCUT2D eigenvalue weighted by molar-refractivity contribution is 7.89. The molecule has 0 spiro atoms. The predicted molar refractivity (Wildman–Crippen MR) is 61.8 cm³/mol. The maximum absolute atomic E-state index is 12.1. The lowest BCUT2D eigenvalue weighted by Crippen LogP contribution is -2.31. The van der Waals surface area contributed by atoms with E-state index in [2.05, 4.69) is 0 Å². The first-order valence-corrected chi connectivity index (χ1v) is 6.74. The van der Waals surface area contributed by atoms with Crippen LogP contribution in [0.15, 0.2) is 29.2 Å². The minimum Gasteiger partial charge on any atom is -0.209 e. The summed E-state index contributed by atoms with van der Waals surface area (Å²) in [6, 6.07) is 5.82. The molecule has 0 aromatic heterocycles. The van der Waals surface area contributed by atoms with E-state index in [0.29, 0.717) is 4.31 Å². The Labute approximate surface area is 104 Å². The second-order valence-electron chi connectivity index (χ2n) is 3.45. The molecule has 0 N–H and O–H groups in total. The van der Waals surface area contributed by atoms with Crippen molar-refractivity contribution in [2.75, 3.05) is 13.6 Å². The van der Waals surface area contributed by atoms with Crippen molar-refractivity contribution >= 4 is 21.6 Å². The molecule has 0 unspecified atom stereocenters. The van der Waals surface area contributed by atoms with Gasteiger partial charge in [0.15, 0.2) is 0 Å². The van der Waals surface area contributed by atoms with E-state index in [1.54, 1.807) is 12.1 Å². The highest BCUT2D eigenvalue weighted by atomic mass is 35.5. The van der Waals surface area contributed by atoms with Crippen LogP contribution >= 0.6 is 11.6 Å². The van der Waals surface area contributed by atoms with Crippen LogP contribution in [0.1, 0.15) is 5.56 Å². The third-order valence-electron chi connectivity index (χ3n) is 2.18. The van der Waals surface area contributed by atoms with E-state index in [1.165, 1.54) is 12.1 Å². The number of alkyl halides is 3. The van der Waals surface area contributed by atoms with Gasteiger partial charge in [-0.2, -0.15) is 4.31 Å². The van der Waals surface area contributed by atoms with Gasteiger partial charge in [0.25, 0.3) is 6.43 Å². The third kappa shape index (κ3) is 3.62. The maximum atomic E-state index is 12.1. The smallest absolute Gasteiger partial charge is 0.209 e. The van der Waals surface area contributed by atoms with Crippen molar-refractivity contribution in [1.82, 2.24) is 4.31 Å². The van der Waals surface area contributed by atoms with E-state index in [9.17, 15) is 17.2 Å². The van der Waals surface area contributed by atoms with Crippen LogP contribution in [0.3, 0.4) is 0 Å². The van der Waals surface area contributed by atoms with Gasteiger partial charge in [0.05, 0.1) is 11.4 Å². The Hall–Kier alpha value is -0.720. The van der Waals surface area contributed by atoms with Gasteiger partial charge >= 0.3 is 0 Å². The second kappa shape index (κ2) is 5.75. The van der Waals surface area contributed by atoms with E-state index < -0.39 is 23.0 Å². The van der Waals surface area contributed by atoms with Gasteiger partial charge < -0.3 is 0 Å². The van der Waals surface area contributed by atoms with Crippen molar-refractivity contribution in [2.45, 2.75) is 17.2 Å². The summed E-state index contributed by atoms with van der Waals surface area (Å²) >= 11 is 5.57. The van der Waals surface area contributed by atoms with Gasteiger partial charge in [0.2, 0.25) is 10.0 Å². The first kappa shape index (κ1) is 14.3.